The highest BCUT2D eigenvalue weighted by Crippen LogP contribution is 2.21. The van der Waals surface area contributed by atoms with Gasteiger partial charge in [0, 0.05) is 24.2 Å². The van der Waals surface area contributed by atoms with Gasteiger partial charge in [-0.1, -0.05) is 13.2 Å². The number of nitrogens with zero attached hydrogens (tertiary/aromatic N) is 1. The molecule has 110 valence electrons. The molecule has 1 aliphatic rings. The molecule has 0 bridgehead atoms. The number of halogens is 1. The molecular weight excluding hydrogens is 269 g/mol. The topological polar surface area (TPSA) is 29.5 Å². The molecule has 0 saturated carbocycles. The van der Waals surface area contributed by atoms with Gasteiger partial charge < -0.3 is 9.64 Å². The number of rotatable bonds is 5. The summed E-state index contributed by atoms with van der Waals surface area (Å²) < 4.78 is 18.5. The first-order valence-corrected chi connectivity index (χ1v) is 6.77. The SMILES string of the molecule is C=C(O/C(C)=C/C(=C)N1CCCC1=O)c1ccc(F)cc1. The Balaban J connectivity index is 2.00. The van der Waals surface area contributed by atoms with Gasteiger partial charge in [0.2, 0.25) is 5.91 Å². The quantitative estimate of drug-likeness (QED) is 0.608. The number of carbonyl (C=O) groups is 1. The second-order valence-corrected chi connectivity index (χ2v) is 4.93. The zero-order chi connectivity index (χ0) is 15.4. The van der Waals surface area contributed by atoms with Gasteiger partial charge in [-0.2, -0.15) is 0 Å². The normalized spacial score (nSPS) is 15.2. The minimum atomic E-state index is -0.306. The molecule has 1 aliphatic heterocycles. The maximum absolute atomic E-state index is 12.9. The number of hydrogen-bond acceptors (Lipinski definition) is 2. The number of carbonyl (C=O) groups excluding carboxylic acids is 1. The van der Waals surface area contributed by atoms with Crippen LogP contribution in [0.4, 0.5) is 4.39 Å². The minimum absolute atomic E-state index is 0.0846. The summed E-state index contributed by atoms with van der Waals surface area (Å²) in [6.07, 6.45) is 3.13. The molecule has 1 heterocycles. The van der Waals surface area contributed by atoms with Crippen LogP contribution < -0.4 is 0 Å². The van der Waals surface area contributed by atoms with E-state index in [9.17, 15) is 9.18 Å². The van der Waals surface area contributed by atoms with E-state index in [2.05, 4.69) is 13.2 Å². The molecule has 0 spiro atoms. The molecule has 1 saturated heterocycles. The Kier molecular flexibility index (Phi) is 4.58. The molecule has 2 rings (SSSR count). The molecule has 1 fully saturated rings. The van der Waals surface area contributed by atoms with Gasteiger partial charge in [0.25, 0.3) is 0 Å². The Hall–Kier alpha value is -2.36. The second-order valence-electron chi connectivity index (χ2n) is 4.93. The van der Waals surface area contributed by atoms with E-state index in [1.807, 2.05) is 0 Å². The van der Waals surface area contributed by atoms with E-state index < -0.39 is 0 Å². The fourth-order valence-electron chi connectivity index (χ4n) is 2.18. The van der Waals surface area contributed by atoms with Gasteiger partial charge in [-0.25, -0.2) is 4.39 Å². The summed E-state index contributed by atoms with van der Waals surface area (Å²) in [6, 6.07) is 5.91. The third kappa shape index (κ3) is 3.81. The lowest BCUT2D eigenvalue weighted by Crippen LogP contribution is -2.22. The maximum atomic E-state index is 12.9. The highest BCUT2D eigenvalue weighted by molar-refractivity contribution is 5.80. The van der Waals surface area contributed by atoms with Crippen LogP contribution in [0.3, 0.4) is 0 Å². The number of hydrogen-bond donors (Lipinski definition) is 0. The molecule has 0 atom stereocenters. The van der Waals surface area contributed by atoms with Crippen molar-refractivity contribution < 1.29 is 13.9 Å². The predicted molar refractivity (Wildman–Crippen MR) is 80.4 cm³/mol. The molecule has 0 radical (unpaired) electrons. The van der Waals surface area contributed by atoms with Crippen molar-refractivity contribution in [3.05, 3.63) is 66.3 Å². The van der Waals surface area contributed by atoms with Crippen molar-refractivity contribution in [1.29, 1.82) is 0 Å². The molecule has 0 aromatic heterocycles. The number of amides is 1. The first-order valence-electron chi connectivity index (χ1n) is 6.77. The van der Waals surface area contributed by atoms with E-state index in [0.29, 0.717) is 35.7 Å². The molecule has 0 unspecified atom stereocenters. The lowest BCUT2D eigenvalue weighted by atomic mass is 10.2. The van der Waals surface area contributed by atoms with E-state index in [1.165, 1.54) is 12.1 Å². The van der Waals surface area contributed by atoms with Gasteiger partial charge in [-0.3, -0.25) is 4.79 Å². The van der Waals surface area contributed by atoms with Crippen molar-refractivity contribution >= 4 is 11.7 Å². The fraction of sp³-hybridized carbons (Fsp3) is 0.235. The highest BCUT2D eigenvalue weighted by atomic mass is 19.1. The number of likely N-dealkylation sites (tertiary alicyclic amines) is 1. The Morgan fingerprint density at radius 2 is 2.00 bits per heavy atom. The summed E-state index contributed by atoms with van der Waals surface area (Å²) >= 11 is 0. The van der Waals surface area contributed by atoms with Crippen LogP contribution in [0.15, 0.2) is 55.0 Å². The zero-order valence-corrected chi connectivity index (χ0v) is 12.1. The van der Waals surface area contributed by atoms with Crippen molar-refractivity contribution in [2.75, 3.05) is 6.54 Å². The van der Waals surface area contributed by atoms with Crippen molar-refractivity contribution in [3.8, 4) is 0 Å². The van der Waals surface area contributed by atoms with E-state index in [0.717, 1.165) is 6.42 Å². The summed E-state index contributed by atoms with van der Waals surface area (Å²) in [5.41, 5.74) is 1.31. The predicted octanol–water partition coefficient (Wildman–Crippen LogP) is 3.85. The first kappa shape index (κ1) is 15.0. The molecule has 0 N–H and O–H groups in total. The molecule has 4 heteroatoms. The maximum Gasteiger partial charge on any atom is 0.227 e. The highest BCUT2D eigenvalue weighted by Gasteiger charge is 2.21. The van der Waals surface area contributed by atoms with Gasteiger partial charge in [0.05, 0.1) is 0 Å². The van der Waals surface area contributed by atoms with E-state index in [1.54, 1.807) is 30.0 Å². The Morgan fingerprint density at radius 1 is 1.33 bits per heavy atom. The van der Waals surface area contributed by atoms with E-state index in [-0.39, 0.29) is 11.7 Å². The van der Waals surface area contributed by atoms with Crippen LogP contribution in [0.2, 0.25) is 0 Å². The van der Waals surface area contributed by atoms with Crippen molar-refractivity contribution in [1.82, 2.24) is 4.90 Å². The molecule has 1 amide bonds. The summed E-state index contributed by atoms with van der Waals surface area (Å²) in [5.74, 6) is 0.777. The monoisotopic (exact) mass is 287 g/mol. The summed E-state index contributed by atoms with van der Waals surface area (Å²) in [5, 5.41) is 0. The van der Waals surface area contributed by atoms with Crippen LogP contribution >= 0.6 is 0 Å². The third-order valence-corrected chi connectivity index (χ3v) is 3.24. The van der Waals surface area contributed by atoms with Gasteiger partial charge in [0.1, 0.15) is 17.3 Å². The Morgan fingerprint density at radius 3 is 2.57 bits per heavy atom. The van der Waals surface area contributed by atoms with Crippen LogP contribution in [-0.2, 0) is 9.53 Å². The van der Waals surface area contributed by atoms with E-state index in [4.69, 9.17) is 4.74 Å². The summed E-state index contributed by atoms with van der Waals surface area (Å²) in [4.78, 5) is 13.3. The number of benzene rings is 1. The molecule has 21 heavy (non-hydrogen) atoms. The fourth-order valence-corrected chi connectivity index (χ4v) is 2.18. The lowest BCUT2D eigenvalue weighted by Gasteiger charge is -2.16. The minimum Gasteiger partial charge on any atom is -0.462 e. The average molecular weight is 287 g/mol. The molecule has 0 aliphatic carbocycles. The molecular formula is C17H18FNO2. The van der Waals surface area contributed by atoms with Gasteiger partial charge >= 0.3 is 0 Å². The van der Waals surface area contributed by atoms with Gasteiger partial charge in [-0.05, 0) is 43.7 Å². The van der Waals surface area contributed by atoms with Gasteiger partial charge in [-0.15, -0.1) is 0 Å². The number of allylic oxidation sites excluding steroid dienone is 2. The van der Waals surface area contributed by atoms with Crippen LogP contribution in [0, 0.1) is 5.82 Å². The summed E-state index contributed by atoms with van der Waals surface area (Å²) in [7, 11) is 0. The standard InChI is InChI=1S/C17H18FNO2/c1-12(19-10-4-5-17(19)20)11-13(2)21-14(3)15-6-8-16(18)9-7-15/h6-9,11H,1,3-5,10H2,2H3/b13-11+. The number of ether oxygens (including phenoxy) is 1. The first-order chi connectivity index (χ1) is 9.97. The lowest BCUT2D eigenvalue weighted by molar-refractivity contribution is -0.125. The van der Waals surface area contributed by atoms with Crippen LogP contribution in [0.5, 0.6) is 0 Å². The zero-order valence-electron chi connectivity index (χ0n) is 12.1. The smallest absolute Gasteiger partial charge is 0.227 e. The van der Waals surface area contributed by atoms with Crippen LogP contribution in [0.25, 0.3) is 5.76 Å². The second kappa shape index (κ2) is 6.39. The Bertz CT molecular complexity index is 602. The largest absolute Gasteiger partial charge is 0.462 e. The van der Waals surface area contributed by atoms with Crippen LogP contribution in [0.1, 0.15) is 25.3 Å². The third-order valence-electron chi connectivity index (χ3n) is 3.24. The summed E-state index contributed by atoms with van der Waals surface area (Å²) in [6.45, 7) is 10.2. The molecule has 1 aromatic carbocycles. The van der Waals surface area contributed by atoms with Gasteiger partial charge in [0.15, 0.2) is 0 Å². The van der Waals surface area contributed by atoms with Crippen LogP contribution in [-0.4, -0.2) is 17.4 Å². The van der Waals surface area contributed by atoms with Crippen molar-refractivity contribution in [2.45, 2.75) is 19.8 Å². The molecule has 1 aromatic rings. The van der Waals surface area contributed by atoms with E-state index >= 15 is 0 Å². The Labute approximate surface area is 124 Å². The van der Waals surface area contributed by atoms with Crippen molar-refractivity contribution in [2.24, 2.45) is 0 Å². The average Bonchev–Trinajstić information content (AvgIpc) is 2.85. The molecule has 3 nitrogen and oxygen atoms in total. The van der Waals surface area contributed by atoms with Crippen molar-refractivity contribution in [3.63, 3.8) is 0 Å².